The van der Waals surface area contributed by atoms with Crippen LogP contribution in [0.25, 0.3) is 0 Å². The number of nitrogens with one attached hydrogen (secondary N) is 1. The van der Waals surface area contributed by atoms with Gasteiger partial charge in [-0.25, -0.2) is 0 Å². The molecular weight excluding hydrogens is 290 g/mol. The van der Waals surface area contributed by atoms with Gasteiger partial charge >= 0.3 is 0 Å². The Bertz CT molecular complexity index is 586. The molecule has 0 atom stereocenters. The van der Waals surface area contributed by atoms with Crippen LogP contribution in [0, 0.1) is 23.2 Å². The average Bonchev–Trinajstić information content (AvgIpc) is 3.11. The highest BCUT2D eigenvalue weighted by molar-refractivity contribution is 5.90. The van der Waals surface area contributed by atoms with Crippen molar-refractivity contribution < 1.29 is 4.79 Å². The van der Waals surface area contributed by atoms with Gasteiger partial charge in [-0.15, -0.1) is 10.2 Å². The molecule has 0 unspecified atom stereocenters. The van der Waals surface area contributed by atoms with Gasteiger partial charge in [0.25, 0.3) is 0 Å². The molecule has 5 saturated carbocycles. The van der Waals surface area contributed by atoms with Crippen molar-refractivity contribution in [2.24, 2.45) is 23.2 Å². The fourth-order valence-corrected chi connectivity index (χ4v) is 6.45. The molecule has 1 heterocycles. The van der Waals surface area contributed by atoms with Crippen LogP contribution in [0.4, 0.5) is 0 Å². The molecule has 0 aromatic carbocycles. The first-order valence-corrected chi connectivity index (χ1v) is 9.08. The number of tetrazole rings is 1. The summed E-state index contributed by atoms with van der Waals surface area (Å²) in [4.78, 5) is 15.1. The second-order valence-corrected chi connectivity index (χ2v) is 8.90. The van der Waals surface area contributed by atoms with Crippen LogP contribution in [0.15, 0.2) is 0 Å². The molecule has 0 radical (unpaired) electrons. The molecule has 5 aliphatic rings. The molecule has 0 aliphatic heterocycles. The maximum atomic E-state index is 13.1. The van der Waals surface area contributed by atoms with Gasteiger partial charge in [-0.05, 0) is 74.5 Å². The lowest BCUT2D eigenvalue weighted by Gasteiger charge is -2.57. The number of amides is 1. The molecule has 0 spiro atoms. The summed E-state index contributed by atoms with van der Waals surface area (Å²) in [5, 5.41) is 14.3. The smallest absolute Gasteiger partial charge is 0.236 e. The third-order valence-electron chi connectivity index (χ3n) is 7.02. The van der Waals surface area contributed by atoms with E-state index < -0.39 is 5.41 Å². The first-order valence-electron chi connectivity index (χ1n) is 9.08. The van der Waals surface area contributed by atoms with E-state index in [1.54, 1.807) is 0 Å². The van der Waals surface area contributed by atoms with Gasteiger partial charge in [-0.2, -0.15) is 5.21 Å². The van der Waals surface area contributed by atoms with Crippen molar-refractivity contribution in [3.63, 3.8) is 0 Å². The van der Waals surface area contributed by atoms with Gasteiger partial charge in [-0.1, -0.05) is 5.21 Å². The Hall–Kier alpha value is -1.46. The summed E-state index contributed by atoms with van der Waals surface area (Å²) in [6.07, 6.45) is 10.1. The largest absolute Gasteiger partial charge is 0.344 e. The standard InChI is InChI=1S/C17H25N5O/c1-22(15(23)17(2-3-17)14-18-20-21-19-14)10-16-7-11-4-12(8-16)6-13(5-11)9-16/h11-13H,2-10H2,1H3,(H,18,19,20,21). The first kappa shape index (κ1) is 13.9. The van der Waals surface area contributed by atoms with Crippen molar-refractivity contribution in [2.45, 2.75) is 56.8 Å². The number of likely N-dealkylation sites (N-methyl/N-ethyl adjacent to an activating group) is 1. The van der Waals surface area contributed by atoms with E-state index >= 15 is 0 Å². The van der Waals surface area contributed by atoms with Crippen molar-refractivity contribution in [2.75, 3.05) is 13.6 Å². The number of aromatic amines is 1. The lowest BCUT2D eigenvalue weighted by atomic mass is 9.49. The van der Waals surface area contributed by atoms with E-state index in [1.165, 1.54) is 38.5 Å². The number of H-pyrrole nitrogens is 1. The monoisotopic (exact) mass is 315 g/mol. The average molecular weight is 315 g/mol. The van der Waals surface area contributed by atoms with E-state index in [0.29, 0.717) is 11.2 Å². The molecule has 1 aromatic rings. The molecule has 124 valence electrons. The number of hydrogen-bond acceptors (Lipinski definition) is 4. The maximum Gasteiger partial charge on any atom is 0.236 e. The number of carbonyl (C=O) groups is 1. The molecule has 1 aromatic heterocycles. The summed E-state index contributed by atoms with van der Waals surface area (Å²) in [5.74, 6) is 3.57. The van der Waals surface area contributed by atoms with Gasteiger partial charge in [0.15, 0.2) is 5.82 Å². The molecule has 5 fully saturated rings. The minimum atomic E-state index is -0.482. The molecule has 1 N–H and O–H groups in total. The predicted octanol–water partition coefficient (Wildman–Crippen LogP) is 1.91. The molecule has 5 aliphatic carbocycles. The Morgan fingerprint density at radius 3 is 2.26 bits per heavy atom. The number of aromatic nitrogens is 4. The molecule has 0 saturated heterocycles. The summed E-state index contributed by atoms with van der Waals surface area (Å²) in [6.45, 7) is 0.926. The van der Waals surface area contributed by atoms with Crippen LogP contribution in [0.2, 0.25) is 0 Å². The van der Waals surface area contributed by atoms with Crippen LogP contribution in [0.5, 0.6) is 0 Å². The minimum Gasteiger partial charge on any atom is -0.344 e. The molecule has 6 heteroatoms. The predicted molar refractivity (Wildman–Crippen MR) is 83.3 cm³/mol. The SMILES string of the molecule is CN(CC12CC3CC(CC(C3)C1)C2)C(=O)C1(c2nn[nH]n2)CC1. The van der Waals surface area contributed by atoms with Crippen LogP contribution in [0.3, 0.4) is 0 Å². The minimum absolute atomic E-state index is 0.203. The van der Waals surface area contributed by atoms with Crippen molar-refractivity contribution in [1.82, 2.24) is 25.5 Å². The van der Waals surface area contributed by atoms with E-state index in [-0.39, 0.29) is 5.91 Å². The third kappa shape index (κ3) is 2.06. The van der Waals surface area contributed by atoms with Crippen molar-refractivity contribution in [3.8, 4) is 0 Å². The zero-order valence-electron chi connectivity index (χ0n) is 13.8. The normalized spacial score (nSPS) is 39.4. The van der Waals surface area contributed by atoms with Crippen LogP contribution in [-0.2, 0) is 10.2 Å². The highest BCUT2D eigenvalue weighted by Crippen LogP contribution is 2.60. The number of rotatable bonds is 4. The number of hydrogen-bond donors (Lipinski definition) is 1. The molecule has 23 heavy (non-hydrogen) atoms. The Kier molecular flexibility index (Phi) is 2.75. The zero-order chi connectivity index (χ0) is 15.7. The van der Waals surface area contributed by atoms with Gasteiger partial charge < -0.3 is 4.90 Å². The summed E-state index contributed by atoms with van der Waals surface area (Å²) in [6, 6.07) is 0. The van der Waals surface area contributed by atoms with E-state index in [4.69, 9.17) is 0 Å². The van der Waals surface area contributed by atoms with Gasteiger partial charge in [0.2, 0.25) is 5.91 Å². The van der Waals surface area contributed by atoms with E-state index in [0.717, 1.165) is 37.1 Å². The van der Waals surface area contributed by atoms with Crippen molar-refractivity contribution in [3.05, 3.63) is 5.82 Å². The lowest BCUT2D eigenvalue weighted by molar-refractivity contribution is -0.138. The highest BCUT2D eigenvalue weighted by atomic mass is 16.2. The maximum absolute atomic E-state index is 13.1. The second-order valence-electron chi connectivity index (χ2n) is 8.90. The number of carbonyl (C=O) groups excluding carboxylic acids is 1. The Balaban J connectivity index is 1.34. The Morgan fingerprint density at radius 2 is 1.78 bits per heavy atom. The molecular formula is C17H25N5O. The first-order chi connectivity index (χ1) is 11.1. The zero-order valence-corrected chi connectivity index (χ0v) is 13.8. The summed E-state index contributed by atoms with van der Waals surface area (Å²) in [7, 11) is 1.99. The van der Waals surface area contributed by atoms with Crippen LogP contribution < -0.4 is 0 Å². The highest BCUT2D eigenvalue weighted by Gasteiger charge is 2.57. The van der Waals surface area contributed by atoms with Crippen molar-refractivity contribution >= 4 is 5.91 Å². The summed E-state index contributed by atoms with van der Waals surface area (Å²) < 4.78 is 0. The summed E-state index contributed by atoms with van der Waals surface area (Å²) in [5.41, 5.74) is -0.0868. The topological polar surface area (TPSA) is 74.8 Å². The van der Waals surface area contributed by atoms with Gasteiger partial charge in [0.05, 0.1) is 0 Å². The van der Waals surface area contributed by atoms with Crippen molar-refractivity contribution in [1.29, 1.82) is 0 Å². The number of nitrogens with zero attached hydrogens (tertiary/aromatic N) is 4. The molecule has 6 nitrogen and oxygen atoms in total. The third-order valence-corrected chi connectivity index (χ3v) is 7.02. The fraction of sp³-hybridized carbons (Fsp3) is 0.882. The van der Waals surface area contributed by atoms with E-state index in [9.17, 15) is 4.79 Å². The van der Waals surface area contributed by atoms with Crippen LogP contribution in [-0.4, -0.2) is 45.0 Å². The Morgan fingerprint density at radius 1 is 1.17 bits per heavy atom. The summed E-state index contributed by atoms with van der Waals surface area (Å²) >= 11 is 0. The lowest BCUT2D eigenvalue weighted by Crippen LogP contribution is -2.52. The second kappa shape index (κ2) is 4.54. The van der Waals surface area contributed by atoms with Gasteiger partial charge in [0.1, 0.15) is 5.41 Å². The van der Waals surface area contributed by atoms with Gasteiger partial charge in [0, 0.05) is 13.6 Å². The van der Waals surface area contributed by atoms with E-state index in [1.807, 2.05) is 11.9 Å². The molecule has 4 bridgehead atoms. The van der Waals surface area contributed by atoms with Gasteiger partial charge in [-0.3, -0.25) is 4.79 Å². The quantitative estimate of drug-likeness (QED) is 0.921. The molecule has 6 rings (SSSR count). The van der Waals surface area contributed by atoms with E-state index in [2.05, 4.69) is 20.6 Å². The van der Waals surface area contributed by atoms with Crippen LogP contribution in [0.1, 0.15) is 57.2 Å². The Labute approximate surface area is 136 Å². The fourth-order valence-electron chi connectivity index (χ4n) is 6.45. The molecule has 1 amide bonds. The van der Waals surface area contributed by atoms with Crippen LogP contribution >= 0.6 is 0 Å².